The molecule has 2 aromatic carbocycles. The van der Waals surface area contributed by atoms with Gasteiger partial charge in [-0.25, -0.2) is 0 Å². The van der Waals surface area contributed by atoms with Crippen LogP contribution in [-0.2, 0) is 10.3 Å². The summed E-state index contributed by atoms with van der Waals surface area (Å²) < 4.78 is 2.10. The number of carbonyl (C=O) groups is 1. The maximum atomic E-state index is 13.0. The van der Waals surface area contributed by atoms with Crippen molar-refractivity contribution in [3.05, 3.63) is 77.6 Å². The van der Waals surface area contributed by atoms with Gasteiger partial charge in [0.1, 0.15) is 0 Å². The molecule has 0 aliphatic carbocycles. The quantitative estimate of drug-likeness (QED) is 0.668. The van der Waals surface area contributed by atoms with E-state index in [0.717, 1.165) is 33.9 Å². The molecule has 5 rings (SSSR count). The third kappa shape index (κ3) is 1.43. The van der Waals surface area contributed by atoms with Gasteiger partial charge in [0, 0.05) is 17.4 Å². The minimum absolute atomic E-state index is 0.0347. The summed E-state index contributed by atoms with van der Waals surface area (Å²) >= 11 is 0. The Morgan fingerprint density at radius 3 is 2.78 bits per heavy atom. The van der Waals surface area contributed by atoms with Crippen molar-refractivity contribution in [3.8, 4) is 5.69 Å². The molecular formula is C19H15N3O. The molecule has 1 unspecified atom stereocenters. The van der Waals surface area contributed by atoms with Gasteiger partial charge in [0.15, 0.2) is 5.54 Å². The van der Waals surface area contributed by atoms with Crippen LogP contribution in [0, 0.1) is 6.92 Å². The Bertz CT molecular complexity index is 972. The zero-order valence-electron chi connectivity index (χ0n) is 12.6. The molecule has 3 aromatic rings. The lowest BCUT2D eigenvalue weighted by Gasteiger charge is -2.36. The summed E-state index contributed by atoms with van der Waals surface area (Å²) in [6, 6.07) is 18.2. The summed E-state index contributed by atoms with van der Waals surface area (Å²) in [6.07, 6.45) is 2.01. The van der Waals surface area contributed by atoms with Gasteiger partial charge in [-0.3, -0.25) is 4.79 Å². The van der Waals surface area contributed by atoms with Crippen LogP contribution in [-0.4, -0.2) is 10.5 Å². The number of aryl methyl sites for hydroxylation is 1. The van der Waals surface area contributed by atoms with E-state index in [1.807, 2.05) is 55.6 Å². The number of para-hydroxylation sites is 2. The normalized spacial score (nSPS) is 20.5. The Labute approximate surface area is 133 Å². The van der Waals surface area contributed by atoms with Gasteiger partial charge in [-0.2, -0.15) is 0 Å². The average Bonchev–Trinajstić information content (AvgIpc) is 3.14. The van der Waals surface area contributed by atoms with Crippen LogP contribution in [0.1, 0.15) is 16.8 Å². The molecule has 2 aliphatic heterocycles. The SMILES string of the molecule is Cc1ccc2c(c1)C1(Nc3ccccc3-n3cccc31)C(=O)N2. The Kier molecular flexibility index (Phi) is 2.20. The highest BCUT2D eigenvalue weighted by Crippen LogP contribution is 2.47. The Balaban J connectivity index is 1.87. The average molecular weight is 301 g/mol. The summed E-state index contributed by atoms with van der Waals surface area (Å²) in [5.41, 5.74) is 5.08. The summed E-state index contributed by atoms with van der Waals surface area (Å²) in [5.74, 6) is -0.0347. The molecule has 0 fully saturated rings. The van der Waals surface area contributed by atoms with Gasteiger partial charge in [-0.05, 0) is 37.3 Å². The number of fused-ring (bicyclic) bond motifs is 6. The van der Waals surface area contributed by atoms with Crippen LogP contribution >= 0.6 is 0 Å². The van der Waals surface area contributed by atoms with E-state index in [9.17, 15) is 4.79 Å². The van der Waals surface area contributed by atoms with Crippen LogP contribution in [0.15, 0.2) is 60.8 Å². The molecule has 0 saturated heterocycles. The van der Waals surface area contributed by atoms with E-state index >= 15 is 0 Å². The van der Waals surface area contributed by atoms with Crippen LogP contribution < -0.4 is 10.6 Å². The molecule has 4 nitrogen and oxygen atoms in total. The maximum Gasteiger partial charge on any atom is 0.261 e. The molecular weight excluding hydrogens is 286 g/mol. The Hall–Kier alpha value is -3.01. The summed E-state index contributed by atoms with van der Waals surface area (Å²) in [6.45, 7) is 2.05. The van der Waals surface area contributed by atoms with Crippen LogP contribution in [0.5, 0.6) is 0 Å². The molecule has 1 atom stereocenters. The summed E-state index contributed by atoms with van der Waals surface area (Å²) in [4.78, 5) is 13.0. The topological polar surface area (TPSA) is 46.1 Å². The first-order chi connectivity index (χ1) is 11.2. The van der Waals surface area contributed by atoms with E-state index in [0.29, 0.717) is 0 Å². The first-order valence-electron chi connectivity index (χ1n) is 7.68. The Morgan fingerprint density at radius 1 is 1.00 bits per heavy atom. The highest BCUT2D eigenvalue weighted by molar-refractivity contribution is 6.11. The monoisotopic (exact) mass is 301 g/mol. The molecule has 1 amide bonds. The molecule has 1 spiro atoms. The molecule has 0 saturated carbocycles. The molecule has 3 heterocycles. The van der Waals surface area contributed by atoms with Crippen molar-refractivity contribution in [1.29, 1.82) is 0 Å². The number of rotatable bonds is 0. The molecule has 1 aromatic heterocycles. The lowest BCUT2D eigenvalue weighted by Crippen LogP contribution is -2.47. The molecule has 0 bridgehead atoms. The largest absolute Gasteiger partial charge is 0.361 e. The predicted molar refractivity (Wildman–Crippen MR) is 90.0 cm³/mol. The van der Waals surface area contributed by atoms with E-state index in [-0.39, 0.29) is 5.91 Å². The lowest BCUT2D eigenvalue weighted by atomic mass is 9.85. The minimum Gasteiger partial charge on any atom is -0.361 e. The predicted octanol–water partition coefficient (Wildman–Crippen LogP) is 3.41. The molecule has 0 radical (unpaired) electrons. The number of hydrogen-bond acceptors (Lipinski definition) is 2. The smallest absolute Gasteiger partial charge is 0.261 e. The summed E-state index contributed by atoms with van der Waals surface area (Å²) in [7, 11) is 0. The van der Waals surface area contributed by atoms with Gasteiger partial charge in [0.2, 0.25) is 0 Å². The number of amides is 1. The van der Waals surface area contributed by atoms with Crippen LogP contribution in [0.2, 0.25) is 0 Å². The van der Waals surface area contributed by atoms with Crippen LogP contribution in [0.4, 0.5) is 11.4 Å². The van der Waals surface area contributed by atoms with E-state index in [2.05, 4.69) is 27.3 Å². The second kappa shape index (κ2) is 4.04. The van der Waals surface area contributed by atoms with E-state index < -0.39 is 5.54 Å². The van der Waals surface area contributed by atoms with Crippen molar-refractivity contribution in [2.45, 2.75) is 12.5 Å². The number of benzene rings is 2. The van der Waals surface area contributed by atoms with Crippen LogP contribution in [0.25, 0.3) is 5.69 Å². The van der Waals surface area contributed by atoms with Crippen molar-refractivity contribution in [1.82, 2.24) is 4.57 Å². The third-order valence-corrected chi connectivity index (χ3v) is 4.79. The highest BCUT2D eigenvalue weighted by atomic mass is 16.2. The van der Waals surface area contributed by atoms with Crippen molar-refractivity contribution in [2.75, 3.05) is 10.6 Å². The summed E-state index contributed by atoms with van der Waals surface area (Å²) in [5, 5.41) is 6.55. The molecule has 2 aliphatic rings. The fourth-order valence-electron chi connectivity index (χ4n) is 3.75. The van der Waals surface area contributed by atoms with E-state index in [1.165, 1.54) is 0 Å². The van der Waals surface area contributed by atoms with Gasteiger partial charge in [0.25, 0.3) is 5.91 Å². The molecule has 112 valence electrons. The zero-order chi connectivity index (χ0) is 15.6. The van der Waals surface area contributed by atoms with Gasteiger partial charge in [-0.15, -0.1) is 0 Å². The van der Waals surface area contributed by atoms with Crippen molar-refractivity contribution >= 4 is 17.3 Å². The third-order valence-electron chi connectivity index (χ3n) is 4.79. The molecule has 23 heavy (non-hydrogen) atoms. The minimum atomic E-state index is -0.876. The number of anilines is 2. The number of nitrogens with zero attached hydrogens (tertiary/aromatic N) is 1. The lowest BCUT2D eigenvalue weighted by molar-refractivity contribution is -0.118. The standard InChI is InChI=1S/C19H15N3O/c1-12-8-9-14-13(11-12)19(18(23)20-14)17-7-4-10-22(17)16-6-3-2-5-15(16)21-19/h2-11,21H,1H3,(H,20,23). The van der Waals surface area contributed by atoms with Gasteiger partial charge < -0.3 is 15.2 Å². The maximum absolute atomic E-state index is 13.0. The second-order valence-electron chi connectivity index (χ2n) is 6.16. The van der Waals surface area contributed by atoms with Gasteiger partial charge in [0.05, 0.1) is 17.1 Å². The Morgan fingerprint density at radius 2 is 1.87 bits per heavy atom. The molecule has 2 N–H and O–H groups in total. The second-order valence-corrected chi connectivity index (χ2v) is 6.16. The van der Waals surface area contributed by atoms with Crippen molar-refractivity contribution < 1.29 is 4.79 Å². The first kappa shape index (κ1) is 12.5. The van der Waals surface area contributed by atoms with Gasteiger partial charge in [-0.1, -0.05) is 29.8 Å². The fraction of sp³-hybridized carbons (Fsp3) is 0.105. The molecule has 4 heteroatoms. The van der Waals surface area contributed by atoms with E-state index in [1.54, 1.807) is 0 Å². The van der Waals surface area contributed by atoms with Gasteiger partial charge >= 0.3 is 0 Å². The first-order valence-corrected chi connectivity index (χ1v) is 7.68. The van der Waals surface area contributed by atoms with Crippen LogP contribution in [0.3, 0.4) is 0 Å². The zero-order valence-corrected chi connectivity index (χ0v) is 12.6. The number of aromatic nitrogens is 1. The van der Waals surface area contributed by atoms with Crippen molar-refractivity contribution in [2.24, 2.45) is 0 Å². The highest BCUT2D eigenvalue weighted by Gasteiger charge is 2.52. The number of carbonyl (C=O) groups excluding carboxylic acids is 1. The van der Waals surface area contributed by atoms with E-state index in [4.69, 9.17) is 0 Å². The number of hydrogen-bond donors (Lipinski definition) is 2. The number of nitrogens with one attached hydrogen (secondary N) is 2. The fourth-order valence-corrected chi connectivity index (χ4v) is 3.75. The van der Waals surface area contributed by atoms with Crippen molar-refractivity contribution in [3.63, 3.8) is 0 Å².